The molecule has 0 amide bonds. The van der Waals surface area contributed by atoms with Crippen LogP contribution in [-0.2, 0) is 0 Å². The monoisotopic (exact) mass is 398 g/mol. The fourth-order valence-electron chi connectivity index (χ4n) is 3.01. The van der Waals surface area contributed by atoms with Crippen LogP contribution in [0, 0.1) is 0 Å². The molecule has 4 aromatic rings. The van der Waals surface area contributed by atoms with Crippen molar-refractivity contribution in [1.29, 1.82) is 0 Å². The maximum Gasteiger partial charge on any atom is 0.198 e. The Hall–Kier alpha value is -2.76. The number of rotatable bonds is 5. The van der Waals surface area contributed by atoms with Crippen LogP contribution in [0.1, 0.15) is 5.56 Å². The lowest BCUT2D eigenvalue weighted by atomic mass is 10.2. The molecule has 136 valence electrons. The number of halogens is 2. The van der Waals surface area contributed by atoms with Crippen LogP contribution in [-0.4, -0.2) is 34.4 Å². The summed E-state index contributed by atoms with van der Waals surface area (Å²) in [5.74, 6) is 0.0619. The van der Waals surface area contributed by atoms with Gasteiger partial charge in [0, 0.05) is 40.4 Å². The van der Waals surface area contributed by atoms with E-state index >= 15 is 0 Å². The Morgan fingerprint density at radius 2 is 2.04 bits per heavy atom. The third-order valence-corrected chi connectivity index (χ3v) is 4.83. The van der Waals surface area contributed by atoms with Gasteiger partial charge in [0.15, 0.2) is 5.88 Å². The van der Waals surface area contributed by atoms with Crippen LogP contribution in [0.5, 0.6) is 5.88 Å². The minimum Gasteiger partial charge on any atom is -0.494 e. The van der Waals surface area contributed by atoms with Gasteiger partial charge in [-0.15, -0.1) is 0 Å². The quantitative estimate of drug-likeness (QED) is 0.317. The van der Waals surface area contributed by atoms with E-state index in [4.69, 9.17) is 23.2 Å². The summed E-state index contributed by atoms with van der Waals surface area (Å²) in [7, 11) is 0. The standard InChI is InChI=1S/C20H16Cl2N4O/c21-12-4-5-14-17(6-7-24-18(14)10-12)25-9-8-23-11-15-13-2-1-3-16(22)19(13)26-20(15)27/h1-7,10-11,26-27H,8-9H2,(H,24,25). The number of para-hydroxylation sites is 1. The van der Waals surface area contributed by atoms with Gasteiger partial charge in [-0.05, 0) is 30.3 Å². The molecule has 0 aliphatic heterocycles. The number of H-pyrrole nitrogens is 1. The first-order valence-electron chi connectivity index (χ1n) is 8.40. The van der Waals surface area contributed by atoms with Gasteiger partial charge >= 0.3 is 0 Å². The average molecular weight is 399 g/mol. The van der Waals surface area contributed by atoms with Crippen molar-refractivity contribution in [3.05, 3.63) is 64.3 Å². The first kappa shape index (κ1) is 17.6. The molecule has 27 heavy (non-hydrogen) atoms. The molecule has 0 unspecified atom stereocenters. The molecule has 0 saturated carbocycles. The average Bonchev–Trinajstić information content (AvgIpc) is 2.98. The first-order valence-corrected chi connectivity index (χ1v) is 9.16. The van der Waals surface area contributed by atoms with Crippen molar-refractivity contribution < 1.29 is 5.11 Å². The summed E-state index contributed by atoms with van der Waals surface area (Å²) < 4.78 is 0. The highest BCUT2D eigenvalue weighted by atomic mass is 35.5. The molecule has 3 N–H and O–H groups in total. The fraction of sp³-hybridized carbons (Fsp3) is 0.100. The summed E-state index contributed by atoms with van der Waals surface area (Å²) in [5.41, 5.74) is 3.17. The lowest BCUT2D eigenvalue weighted by Crippen LogP contribution is -2.05. The fourth-order valence-corrected chi connectivity index (χ4v) is 3.39. The number of nitrogens with zero attached hydrogens (tertiary/aromatic N) is 2. The first-order chi connectivity index (χ1) is 13.1. The van der Waals surface area contributed by atoms with Crippen molar-refractivity contribution >= 4 is 56.9 Å². The normalized spacial score (nSPS) is 11.6. The molecule has 0 bridgehead atoms. The van der Waals surface area contributed by atoms with Gasteiger partial charge in [-0.25, -0.2) is 0 Å². The van der Waals surface area contributed by atoms with E-state index in [1.54, 1.807) is 18.5 Å². The number of aromatic amines is 1. The number of nitrogens with one attached hydrogen (secondary N) is 2. The molecule has 2 aromatic carbocycles. The van der Waals surface area contributed by atoms with Gasteiger partial charge in [-0.2, -0.15) is 0 Å². The molecule has 0 aliphatic carbocycles. The van der Waals surface area contributed by atoms with Crippen LogP contribution >= 0.6 is 23.2 Å². The van der Waals surface area contributed by atoms with Crippen LogP contribution < -0.4 is 5.32 Å². The number of hydrogen-bond donors (Lipinski definition) is 3. The van der Waals surface area contributed by atoms with Crippen molar-refractivity contribution in [3.8, 4) is 5.88 Å². The van der Waals surface area contributed by atoms with Gasteiger partial charge in [-0.3, -0.25) is 9.98 Å². The van der Waals surface area contributed by atoms with E-state index in [1.165, 1.54) is 0 Å². The van der Waals surface area contributed by atoms with Gasteiger partial charge in [0.2, 0.25) is 0 Å². The Morgan fingerprint density at radius 1 is 1.15 bits per heavy atom. The summed E-state index contributed by atoms with van der Waals surface area (Å²) in [6.45, 7) is 1.19. The molecule has 4 rings (SSSR count). The lowest BCUT2D eigenvalue weighted by Gasteiger charge is -2.08. The van der Waals surface area contributed by atoms with Gasteiger partial charge in [0.25, 0.3) is 0 Å². The second-order valence-corrected chi connectivity index (χ2v) is 6.88. The zero-order chi connectivity index (χ0) is 18.8. The number of fused-ring (bicyclic) bond motifs is 2. The Morgan fingerprint density at radius 3 is 2.93 bits per heavy atom. The number of aromatic nitrogens is 2. The maximum atomic E-state index is 10.1. The molecule has 0 aliphatic rings. The van der Waals surface area contributed by atoms with Crippen molar-refractivity contribution in [3.63, 3.8) is 0 Å². The molecule has 0 spiro atoms. The summed E-state index contributed by atoms with van der Waals surface area (Å²) in [5, 5.41) is 16.5. The minimum absolute atomic E-state index is 0.0619. The van der Waals surface area contributed by atoms with Crippen LogP contribution in [0.4, 0.5) is 5.69 Å². The lowest BCUT2D eigenvalue weighted by molar-refractivity contribution is 0.457. The third kappa shape index (κ3) is 3.56. The zero-order valence-corrected chi connectivity index (χ0v) is 15.7. The molecule has 2 heterocycles. The highest BCUT2D eigenvalue weighted by molar-refractivity contribution is 6.35. The van der Waals surface area contributed by atoms with Crippen LogP contribution in [0.2, 0.25) is 10.0 Å². The molecular formula is C20H16Cl2N4O. The number of pyridine rings is 1. The topological polar surface area (TPSA) is 73.3 Å². The molecule has 0 radical (unpaired) electrons. The van der Waals surface area contributed by atoms with Crippen LogP contribution in [0.3, 0.4) is 0 Å². The largest absolute Gasteiger partial charge is 0.494 e. The number of aliphatic imine (C=N–C) groups is 1. The highest BCUT2D eigenvalue weighted by Gasteiger charge is 2.10. The van der Waals surface area contributed by atoms with Gasteiger partial charge < -0.3 is 15.4 Å². The van der Waals surface area contributed by atoms with E-state index in [1.807, 2.05) is 36.4 Å². The van der Waals surface area contributed by atoms with E-state index in [0.29, 0.717) is 34.2 Å². The van der Waals surface area contributed by atoms with Gasteiger partial charge in [-0.1, -0.05) is 35.3 Å². The summed E-state index contributed by atoms with van der Waals surface area (Å²) in [6.07, 6.45) is 3.41. The zero-order valence-electron chi connectivity index (χ0n) is 14.2. The van der Waals surface area contributed by atoms with Gasteiger partial charge in [0.1, 0.15) is 0 Å². The second kappa shape index (κ2) is 7.47. The molecule has 2 aromatic heterocycles. The summed E-state index contributed by atoms with van der Waals surface area (Å²) in [6, 6.07) is 13.1. The van der Waals surface area contributed by atoms with Crippen LogP contribution in [0.25, 0.3) is 21.8 Å². The Balaban J connectivity index is 1.45. The number of hydrogen-bond acceptors (Lipinski definition) is 4. The Kier molecular flexibility index (Phi) is 4.88. The van der Waals surface area contributed by atoms with Gasteiger partial charge in [0.05, 0.1) is 28.2 Å². The van der Waals surface area contributed by atoms with Crippen molar-refractivity contribution in [2.45, 2.75) is 0 Å². The third-order valence-electron chi connectivity index (χ3n) is 4.28. The molecule has 5 nitrogen and oxygen atoms in total. The van der Waals surface area contributed by atoms with E-state index in [-0.39, 0.29) is 5.88 Å². The Labute approximate surface area is 165 Å². The highest BCUT2D eigenvalue weighted by Crippen LogP contribution is 2.30. The molecule has 0 fully saturated rings. The number of benzene rings is 2. The van der Waals surface area contributed by atoms with E-state index in [2.05, 4.69) is 20.3 Å². The van der Waals surface area contributed by atoms with Crippen molar-refractivity contribution in [1.82, 2.24) is 9.97 Å². The molecule has 7 heteroatoms. The summed E-state index contributed by atoms with van der Waals surface area (Å²) in [4.78, 5) is 11.6. The predicted octanol–water partition coefficient (Wildman–Crippen LogP) is 5.26. The van der Waals surface area contributed by atoms with E-state index in [9.17, 15) is 5.11 Å². The maximum absolute atomic E-state index is 10.1. The van der Waals surface area contributed by atoms with E-state index in [0.717, 1.165) is 22.0 Å². The number of anilines is 1. The van der Waals surface area contributed by atoms with E-state index < -0.39 is 0 Å². The second-order valence-electron chi connectivity index (χ2n) is 6.03. The smallest absolute Gasteiger partial charge is 0.198 e. The Bertz CT molecular complexity index is 1150. The summed E-state index contributed by atoms with van der Waals surface area (Å²) >= 11 is 12.2. The van der Waals surface area contributed by atoms with Crippen molar-refractivity contribution in [2.24, 2.45) is 4.99 Å². The number of aromatic hydroxyl groups is 1. The molecular weight excluding hydrogens is 383 g/mol. The minimum atomic E-state index is 0.0619. The molecule has 0 saturated heterocycles. The SMILES string of the molecule is Oc1[nH]c2c(Cl)cccc2c1C=NCCNc1ccnc2cc(Cl)ccc12. The van der Waals surface area contributed by atoms with Crippen molar-refractivity contribution in [2.75, 3.05) is 18.4 Å². The molecule has 0 atom stereocenters. The van der Waals surface area contributed by atoms with Crippen LogP contribution in [0.15, 0.2) is 53.7 Å². The predicted molar refractivity (Wildman–Crippen MR) is 113 cm³/mol.